The van der Waals surface area contributed by atoms with E-state index in [4.69, 9.17) is 4.74 Å². The molecular weight excluding hydrogens is 326 g/mol. The molecule has 1 aromatic carbocycles. The molecule has 0 N–H and O–H groups in total. The molecule has 4 rings (SSSR count). The van der Waals surface area contributed by atoms with E-state index in [1.807, 2.05) is 37.0 Å². The molecule has 5 nitrogen and oxygen atoms in total. The third kappa shape index (κ3) is 2.14. The summed E-state index contributed by atoms with van der Waals surface area (Å²) in [6.45, 7) is 1.99. The molecule has 0 bridgehead atoms. The molecule has 134 valence electrons. The summed E-state index contributed by atoms with van der Waals surface area (Å²) in [4.78, 5) is 12.8. The summed E-state index contributed by atoms with van der Waals surface area (Å²) in [5, 5.41) is 14.2. The normalized spacial score (nSPS) is 30.2. The number of carbonyl (C=O) groups excluding carboxylic acids is 1. The fourth-order valence-electron chi connectivity index (χ4n) is 5.32. The summed E-state index contributed by atoms with van der Waals surface area (Å²) in [5.74, 6) is 0.301. The molecule has 0 spiro atoms. The lowest BCUT2D eigenvalue weighted by Gasteiger charge is -2.51. The van der Waals surface area contributed by atoms with E-state index in [0.29, 0.717) is 6.42 Å². The van der Waals surface area contributed by atoms with Gasteiger partial charge < -0.3 is 4.74 Å². The van der Waals surface area contributed by atoms with Gasteiger partial charge in [0.15, 0.2) is 5.78 Å². The van der Waals surface area contributed by atoms with Crippen molar-refractivity contribution in [3.63, 3.8) is 0 Å². The van der Waals surface area contributed by atoms with Gasteiger partial charge in [-0.25, -0.2) is 0 Å². The number of aryl methyl sites for hydroxylation is 2. The molecule has 26 heavy (non-hydrogen) atoms. The van der Waals surface area contributed by atoms with Crippen LogP contribution in [0.25, 0.3) is 0 Å². The molecule has 1 heterocycles. The van der Waals surface area contributed by atoms with Gasteiger partial charge in [-0.3, -0.25) is 9.48 Å². The van der Waals surface area contributed by atoms with Gasteiger partial charge in [0, 0.05) is 18.4 Å². The zero-order valence-electron chi connectivity index (χ0n) is 15.4. The van der Waals surface area contributed by atoms with E-state index >= 15 is 0 Å². The van der Waals surface area contributed by atoms with Crippen LogP contribution in [0.4, 0.5) is 0 Å². The number of nitrogens with zero attached hydrogens (tertiary/aromatic N) is 3. The first-order valence-corrected chi connectivity index (χ1v) is 9.12. The van der Waals surface area contributed by atoms with Crippen LogP contribution >= 0.6 is 0 Å². The predicted octanol–water partition coefficient (Wildman–Crippen LogP) is 3.03. The standard InChI is InChI=1S/C21H23N3O2/c1-13-18-8-7-14-12-23-24(2)20(14)21(18,10-15(11-22)19(13)25)16-5-4-6-17(9-16)26-3/h4-6,9,12-13,15,18H,7-8,10H2,1-3H3. The van der Waals surface area contributed by atoms with Crippen molar-refractivity contribution in [2.45, 2.75) is 31.6 Å². The van der Waals surface area contributed by atoms with Crippen LogP contribution in [0.15, 0.2) is 30.5 Å². The quantitative estimate of drug-likeness (QED) is 0.836. The lowest BCUT2D eigenvalue weighted by atomic mass is 9.51. The summed E-state index contributed by atoms with van der Waals surface area (Å²) < 4.78 is 7.41. The minimum atomic E-state index is -0.590. The lowest BCUT2D eigenvalue weighted by molar-refractivity contribution is -0.131. The Bertz CT molecular complexity index is 910. The highest BCUT2D eigenvalue weighted by molar-refractivity contribution is 5.87. The highest BCUT2D eigenvalue weighted by atomic mass is 16.5. The molecule has 0 amide bonds. The van der Waals surface area contributed by atoms with Crippen molar-refractivity contribution in [2.24, 2.45) is 24.8 Å². The van der Waals surface area contributed by atoms with Crippen molar-refractivity contribution < 1.29 is 9.53 Å². The fourth-order valence-corrected chi connectivity index (χ4v) is 5.32. The summed E-state index contributed by atoms with van der Waals surface area (Å²) in [6, 6.07) is 10.4. The van der Waals surface area contributed by atoms with Gasteiger partial charge in [-0.2, -0.15) is 10.4 Å². The van der Waals surface area contributed by atoms with Crippen molar-refractivity contribution >= 4 is 5.78 Å². The van der Waals surface area contributed by atoms with E-state index in [1.54, 1.807) is 7.11 Å². The maximum atomic E-state index is 12.8. The molecule has 2 aliphatic carbocycles. The number of rotatable bonds is 2. The van der Waals surface area contributed by atoms with Crippen LogP contribution in [-0.2, 0) is 23.7 Å². The first kappa shape index (κ1) is 16.8. The number of fused-ring (bicyclic) bond motifs is 3. The van der Waals surface area contributed by atoms with Gasteiger partial charge in [0.1, 0.15) is 11.7 Å². The molecule has 0 saturated heterocycles. The molecule has 2 aromatic rings. The molecule has 0 aliphatic heterocycles. The van der Waals surface area contributed by atoms with Gasteiger partial charge in [0.2, 0.25) is 0 Å². The summed E-state index contributed by atoms with van der Waals surface area (Å²) >= 11 is 0. The first-order valence-electron chi connectivity index (χ1n) is 9.12. The Morgan fingerprint density at radius 2 is 2.23 bits per heavy atom. The number of benzene rings is 1. The summed E-state index contributed by atoms with van der Waals surface area (Å²) in [7, 11) is 3.63. The number of nitriles is 1. The van der Waals surface area contributed by atoms with Crippen LogP contribution in [-0.4, -0.2) is 22.7 Å². The minimum absolute atomic E-state index is 0.0849. The van der Waals surface area contributed by atoms with Crippen molar-refractivity contribution in [3.05, 3.63) is 47.3 Å². The lowest BCUT2D eigenvalue weighted by Crippen LogP contribution is -2.53. The molecule has 2 aliphatic rings. The Labute approximate surface area is 153 Å². The monoisotopic (exact) mass is 349 g/mol. The predicted molar refractivity (Wildman–Crippen MR) is 96.7 cm³/mol. The Kier molecular flexibility index (Phi) is 3.87. The van der Waals surface area contributed by atoms with Crippen molar-refractivity contribution in [1.82, 2.24) is 9.78 Å². The first-order chi connectivity index (χ1) is 12.5. The summed E-state index contributed by atoms with van der Waals surface area (Å²) in [5.41, 5.74) is 3.11. The number of methoxy groups -OCH3 is 1. The zero-order chi connectivity index (χ0) is 18.5. The van der Waals surface area contributed by atoms with E-state index in [2.05, 4.69) is 23.3 Å². The van der Waals surface area contributed by atoms with Gasteiger partial charge in [-0.1, -0.05) is 19.1 Å². The third-order valence-corrected chi connectivity index (χ3v) is 6.46. The number of hydrogen-bond acceptors (Lipinski definition) is 4. The van der Waals surface area contributed by atoms with Crippen molar-refractivity contribution in [3.8, 4) is 11.8 Å². The van der Waals surface area contributed by atoms with Gasteiger partial charge in [0.25, 0.3) is 0 Å². The fraction of sp³-hybridized carbons (Fsp3) is 0.476. The van der Waals surface area contributed by atoms with Crippen LogP contribution in [0.1, 0.15) is 36.6 Å². The van der Waals surface area contributed by atoms with E-state index in [1.165, 1.54) is 5.56 Å². The highest BCUT2D eigenvalue weighted by Gasteiger charge is 2.56. The average molecular weight is 349 g/mol. The highest BCUT2D eigenvalue weighted by Crippen LogP contribution is 2.56. The van der Waals surface area contributed by atoms with Crippen LogP contribution < -0.4 is 4.74 Å². The minimum Gasteiger partial charge on any atom is -0.497 e. The molecule has 0 radical (unpaired) electrons. The van der Waals surface area contributed by atoms with Crippen molar-refractivity contribution in [2.75, 3.05) is 7.11 Å². The van der Waals surface area contributed by atoms with Gasteiger partial charge in [0.05, 0.1) is 25.1 Å². The second-order valence-electron chi connectivity index (χ2n) is 7.57. The third-order valence-electron chi connectivity index (χ3n) is 6.46. The van der Waals surface area contributed by atoms with E-state index in [-0.39, 0.29) is 23.0 Å². The maximum Gasteiger partial charge on any atom is 0.153 e. The van der Waals surface area contributed by atoms with Gasteiger partial charge >= 0.3 is 0 Å². The summed E-state index contributed by atoms with van der Waals surface area (Å²) in [6.07, 6.45) is 4.31. The largest absolute Gasteiger partial charge is 0.497 e. The molecule has 4 atom stereocenters. The Morgan fingerprint density at radius 1 is 1.42 bits per heavy atom. The van der Waals surface area contributed by atoms with Crippen molar-refractivity contribution in [1.29, 1.82) is 5.26 Å². The van der Waals surface area contributed by atoms with E-state index < -0.39 is 5.92 Å². The van der Waals surface area contributed by atoms with Crippen LogP contribution in [0.5, 0.6) is 5.75 Å². The Balaban J connectivity index is 2.01. The number of ketones is 1. The smallest absolute Gasteiger partial charge is 0.153 e. The molecule has 4 unspecified atom stereocenters. The number of ether oxygens (including phenoxy) is 1. The molecule has 1 aromatic heterocycles. The van der Waals surface area contributed by atoms with Gasteiger partial charge in [-0.15, -0.1) is 0 Å². The van der Waals surface area contributed by atoms with Gasteiger partial charge in [-0.05, 0) is 48.4 Å². The number of Topliss-reactive ketones (excluding diaryl/α,β-unsaturated/α-hetero) is 1. The topological polar surface area (TPSA) is 67.9 Å². The second-order valence-corrected chi connectivity index (χ2v) is 7.57. The van der Waals surface area contributed by atoms with E-state index in [9.17, 15) is 10.1 Å². The number of hydrogen-bond donors (Lipinski definition) is 0. The number of carbonyl (C=O) groups is 1. The molecule has 5 heteroatoms. The number of aromatic nitrogens is 2. The molecule has 1 saturated carbocycles. The Morgan fingerprint density at radius 3 is 2.96 bits per heavy atom. The van der Waals surface area contributed by atoms with Crippen LogP contribution in [0, 0.1) is 29.1 Å². The molecular formula is C21H23N3O2. The van der Waals surface area contributed by atoms with Crippen LogP contribution in [0.2, 0.25) is 0 Å². The van der Waals surface area contributed by atoms with Crippen LogP contribution in [0.3, 0.4) is 0 Å². The maximum absolute atomic E-state index is 12.8. The second kappa shape index (κ2) is 5.98. The Hall–Kier alpha value is -2.61. The van der Waals surface area contributed by atoms with E-state index in [0.717, 1.165) is 29.8 Å². The zero-order valence-corrected chi connectivity index (χ0v) is 15.4. The average Bonchev–Trinajstić information content (AvgIpc) is 3.06. The molecule has 1 fully saturated rings. The SMILES string of the molecule is COc1cccc(C23CC(C#N)C(=O)C(C)C2CCc2cnn(C)c23)c1.